The third-order valence-corrected chi connectivity index (χ3v) is 12.3. The molecule has 13 nitrogen and oxygen atoms in total. The van der Waals surface area contributed by atoms with E-state index in [4.69, 9.17) is 19.3 Å². The van der Waals surface area contributed by atoms with E-state index in [0.717, 1.165) is 51.6 Å². The summed E-state index contributed by atoms with van der Waals surface area (Å²) >= 11 is 0. The zero-order valence-corrected chi connectivity index (χ0v) is 35.3. The number of hydroxylamine groups is 1. The van der Waals surface area contributed by atoms with E-state index in [1.54, 1.807) is 22.2 Å². The summed E-state index contributed by atoms with van der Waals surface area (Å²) in [5, 5.41) is 20.8. The molecular formula is C50H48N6O7. The molecule has 5 heterocycles. The fraction of sp³-hybridized carbons (Fsp3) is 0.280. The summed E-state index contributed by atoms with van der Waals surface area (Å²) in [6, 6.07) is 37.2. The van der Waals surface area contributed by atoms with E-state index in [-0.39, 0.29) is 31.1 Å². The number of rotatable bonds is 16. The number of nitrogens with one attached hydrogen (secondary N) is 1. The normalized spacial score (nSPS) is 15.4. The Bertz CT molecular complexity index is 2770. The summed E-state index contributed by atoms with van der Waals surface area (Å²) in [5.74, 6) is -0.288. The second kappa shape index (κ2) is 17.4. The van der Waals surface area contributed by atoms with Gasteiger partial charge in [0.15, 0.2) is 11.2 Å². The highest BCUT2D eigenvalue weighted by molar-refractivity contribution is 5.90. The molecule has 2 N–H and O–H groups in total. The Morgan fingerprint density at radius 1 is 0.873 bits per heavy atom. The predicted octanol–water partition coefficient (Wildman–Crippen LogP) is 7.41. The fourth-order valence-corrected chi connectivity index (χ4v) is 8.92. The summed E-state index contributed by atoms with van der Waals surface area (Å²) < 4.78 is 14.9. The van der Waals surface area contributed by atoms with Gasteiger partial charge in [-0.2, -0.15) is 0 Å². The van der Waals surface area contributed by atoms with Crippen LogP contribution in [0.1, 0.15) is 90.6 Å². The summed E-state index contributed by atoms with van der Waals surface area (Å²) in [6.07, 6.45) is 5.26. The number of aliphatic hydroxyl groups is 1. The number of unbranched alkanes of at least 4 members (excludes halogenated alkanes) is 2. The molecule has 0 bridgehead atoms. The maximum atomic E-state index is 13.7. The molecule has 1 amide bonds. The van der Waals surface area contributed by atoms with Crippen molar-refractivity contribution < 1.29 is 29.0 Å². The van der Waals surface area contributed by atoms with Crippen LogP contribution in [-0.2, 0) is 63.1 Å². The number of carbonyl (C=O) groups is 2. The van der Waals surface area contributed by atoms with Gasteiger partial charge in [-0.1, -0.05) is 116 Å². The minimum atomic E-state index is -1.88. The quantitative estimate of drug-likeness (QED) is 0.0434. The second-order valence-corrected chi connectivity index (χ2v) is 16.0. The molecule has 0 radical (unpaired) electrons. The number of hydrogen-bond donors (Lipinski definition) is 2. The van der Waals surface area contributed by atoms with Crippen molar-refractivity contribution in [3.8, 4) is 17.1 Å². The lowest BCUT2D eigenvalue weighted by atomic mass is 9.80. The summed E-state index contributed by atoms with van der Waals surface area (Å²) in [7, 11) is 0. The van der Waals surface area contributed by atoms with Crippen LogP contribution in [0.3, 0.4) is 0 Å². The van der Waals surface area contributed by atoms with Crippen molar-refractivity contribution >= 4 is 22.8 Å². The molecule has 0 unspecified atom stereocenters. The Balaban J connectivity index is 0.801. The molecule has 0 fully saturated rings. The van der Waals surface area contributed by atoms with Crippen molar-refractivity contribution in [1.29, 1.82) is 0 Å². The Morgan fingerprint density at radius 3 is 2.21 bits per heavy atom. The lowest BCUT2D eigenvalue weighted by Crippen LogP contribution is -2.44. The zero-order valence-electron chi connectivity index (χ0n) is 35.3. The minimum Gasteiger partial charge on any atom is -0.487 e. The van der Waals surface area contributed by atoms with Gasteiger partial charge < -0.3 is 19.1 Å². The number of cyclic esters (lactones) is 1. The van der Waals surface area contributed by atoms with Gasteiger partial charge in [0.1, 0.15) is 24.7 Å². The van der Waals surface area contributed by atoms with Gasteiger partial charge in [-0.3, -0.25) is 19.1 Å². The van der Waals surface area contributed by atoms with Crippen LogP contribution in [0.4, 0.5) is 0 Å². The smallest absolute Gasteiger partial charge is 0.343 e. The lowest BCUT2D eigenvalue weighted by molar-refractivity contribution is -0.172. The third kappa shape index (κ3) is 7.67. The number of pyridine rings is 2. The van der Waals surface area contributed by atoms with Crippen molar-refractivity contribution in [3.05, 3.63) is 176 Å². The van der Waals surface area contributed by atoms with E-state index in [0.29, 0.717) is 66.3 Å². The highest BCUT2D eigenvalue weighted by Crippen LogP contribution is 2.42. The van der Waals surface area contributed by atoms with E-state index in [2.05, 4.69) is 22.7 Å². The average Bonchev–Trinajstić information content (AvgIpc) is 3.94. The van der Waals surface area contributed by atoms with Crippen LogP contribution in [-0.4, -0.2) is 41.5 Å². The Hall–Kier alpha value is -6.96. The second-order valence-electron chi connectivity index (χ2n) is 16.0. The van der Waals surface area contributed by atoms with Crippen LogP contribution >= 0.6 is 0 Å². The van der Waals surface area contributed by atoms with E-state index < -0.39 is 17.2 Å². The molecule has 2 aliphatic heterocycles. The highest BCUT2D eigenvalue weighted by Gasteiger charge is 2.45. The molecule has 2 aliphatic rings. The molecule has 7 aromatic rings. The summed E-state index contributed by atoms with van der Waals surface area (Å²) in [5.41, 5.74) is 7.55. The number of fused-ring (bicyclic) bond motifs is 5. The first-order chi connectivity index (χ1) is 30.7. The van der Waals surface area contributed by atoms with Crippen molar-refractivity contribution in [3.63, 3.8) is 0 Å². The molecular weight excluding hydrogens is 797 g/mol. The predicted molar refractivity (Wildman–Crippen MR) is 235 cm³/mol. The fourth-order valence-electron chi connectivity index (χ4n) is 8.92. The number of aryl methyl sites for hydroxylation is 2. The molecule has 1 atom stereocenters. The summed E-state index contributed by atoms with van der Waals surface area (Å²) in [6.45, 7) is 4.78. The van der Waals surface area contributed by atoms with Gasteiger partial charge in [0.25, 0.3) is 5.56 Å². The van der Waals surface area contributed by atoms with Crippen molar-refractivity contribution in [2.75, 3.05) is 0 Å². The Labute approximate surface area is 364 Å². The standard InChI is InChI=1S/C50H48N6O7/c1-3-38-39-27-37(24-25-43(39)51-46-40(38)30-56-44(46)28-42-41(47(56)58)32-62-48(59)49(42,60)4-2)61-31-36-29-55(54-52-36)26-16-8-15-23-45(57)53-63-50(33-17-9-5-10-18-33,34-19-11-6-12-20-34)35-21-13-7-14-22-35/h5-7,9-14,17-22,24-25,27-29,60H,3-4,8,15-16,23,26,30-32H2,1-2H3,(H,53,57)/t49-/m0/s1. The molecule has 0 saturated carbocycles. The number of esters is 1. The highest BCUT2D eigenvalue weighted by atomic mass is 16.7. The third-order valence-electron chi connectivity index (χ3n) is 12.3. The van der Waals surface area contributed by atoms with Gasteiger partial charge in [-0.15, -0.1) is 5.10 Å². The number of hydrogen-bond acceptors (Lipinski definition) is 10. The largest absolute Gasteiger partial charge is 0.487 e. The van der Waals surface area contributed by atoms with E-state index in [9.17, 15) is 19.5 Å². The Morgan fingerprint density at radius 2 is 1.56 bits per heavy atom. The molecule has 0 aliphatic carbocycles. The molecule has 0 spiro atoms. The molecule has 4 aromatic carbocycles. The van der Waals surface area contributed by atoms with Crippen LogP contribution in [0.15, 0.2) is 126 Å². The number of aromatic nitrogens is 5. The van der Waals surface area contributed by atoms with Crippen LogP contribution in [0.25, 0.3) is 22.3 Å². The molecule has 9 rings (SSSR count). The van der Waals surface area contributed by atoms with E-state index in [1.165, 1.54) is 0 Å². The van der Waals surface area contributed by atoms with Crippen LogP contribution in [0.5, 0.6) is 5.75 Å². The van der Waals surface area contributed by atoms with E-state index >= 15 is 0 Å². The topological polar surface area (TPSA) is 160 Å². The van der Waals surface area contributed by atoms with Gasteiger partial charge in [-0.05, 0) is 72.2 Å². The van der Waals surface area contributed by atoms with Crippen LogP contribution < -0.4 is 15.8 Å². The van der Waals surface area contributed by atoms with Gasteiger partial charge in [0, 0.05) is 29.5 Å². The maximum absolute atomic E-state index is 13.7. The van der Waals surface area contributed by atoms with Crippen LogP contribution in [0.2, 0.25) is 0 Å². The SMILES string of the molecule is CCc1c2c(nc3ccc(OCc4cn(CCCCCC(=O)NOC(c5ccccc5)(c5ccccc5)c5ccccc5)nn4)cc13)-c1cc3c(c(=O)n1C2)COC(=O)[C@]3(O)CC. The van der Waals surface area contributed by atoms with Gasteiger partial charge >= 0.3 is 5.97 Å². The molecule has 0 saturated heterocycles. The van der Waals surface area contributed by atoms with Crippen molar-refractivity contribution in [2.24, 2.45) is 0 Å². The van der Waals surface area contributed by atoms with E-state index in [1.807, 2.05) is 115 Å². The molecule has 63 heavy (non-hydrogen) atoms. The first-order valence-electron chi connectivity index (χ1n) is 21.5. The maximum Gasteiger partial charge on any atom is 0.343 e. The van der Waals surface area contributed by atoms with Crippen molar-refractivity contribution in [2.45, 2.75) is 89.9 Å². The zero-order chi connectivity index (χ0) is 43.6. The van der Waals surface area contributed by atoms with Gasteiger partial charge in [0.05, 0.1) is 35.2 Å². The molecule has 13 heteroatoms. The number of benzene rings is 4. The first kappa shape index (κ1) is 41.4. The van der Waals surface area contributed by atoms with Crippen LogP contribution in [0, 0.1) is 0 Å². The monoisotopic (exact) mass is 844 g/mol. The minimum absolute atomic E-state index is 0.0840. The average molecular weight is 845 g/mol. The molecule has 320 valence electrons. The lowest BCUT2D eigenvalue weighted by Gasteiger charge is -2.35. The number of ether oxygens (including phenoxy) is 2. The summed E-state index contributed by atoms with van der Waals surface area (Å²) in [4.78, 5) is 51.0. The number of amides is 1. The Kier molecular flexibility index (Phi) is 11.5. The van der Waals surface area contributed by atoms with Gasteiger partial charge in [-0.25, -0.2) is 15.3 Å². The molecule has 3 aromatic heterocycles. The first-order valence-corrected chi connectivity index (χ1v) is 21.5. The number of carbonyl (C=O) groups excluding carboxylic acids is 2. The van der Waals surface area contributed by atoms with Gasteiger partial charge in [0.2, 0.25) is 5.91 Å². The van der Waals surface area contributed by atoms with Crippen molar-refractivity contribution in [1.82, 2.24) is 30.0 Å². The number of nitrogens with zero attached hydrogens (tertiary/aromatic N) is 5.